The fourth-order valence-electron chi connectivity index (χ4n) is 1.69. The van der Waals surface area contributed by atoms with E-state index in [-0.39, 0.29) is 0 Å². The van der Waals surface area contributed by atoms with Gasteiger partial charge in [-0.25, -0.2) is 0 Å². The van der Waals surface area contributed by atoms with Gasteiger partial charge in [0.05, 0.1) is 12.8 Å². The third kappa shape index (κ3) is 3.01. The molecule has 0 saturated carbocycles. The number of para-hydroxylation sites is 1. The van der Waals surface area contributed by atoms with Crippen LogP contribution in [-0.4, -0.2) is 13.8 Å². The Morgan fingerprint density at radius 1 is 1.05 bits per heavy atom. The zero-order valence-electron chi connectivity index (χ0n) is 10.8. The lowest BCUT2D eigenvalue weighted by atomic mass is 10.1. The Balaban J connectivity index is 2.26. The van der Waals surface area contributed by atoms with Crippen molar-refractivity contribution in [3.05, 3.63) is 60.7 Å². The predicted molar refractivity (Wildman–Crippen MR) is 78.3 cm³/mol. The predicted octanol–water partition coefficient (Wildman–Crippen LogP) is 4.08. The molecule has 96 valence electrons. The van der Waals surface area contributed by atoms with Crippen molar-refractivity contribution in [3.63, 3.8) is 0 Å². The first kappa shape index (κ1) is 12.9. The standard InChI is InChI=1S/C16H15NO2/c1-12(19-13-7-5-4-6-8-13)15-10-9-14(18-3)11-16(15)17-2/h4-11H,1-2H2,3H3. The average molecular weight is 253 g/mol. The van der Waals surface area contributed by atoms with E-state index in [0.29, 0.717) is 11.4 Å². The fraction of sp³-hybridized carbons (Fsp3) is 0.0625. The summed E-state index contributed by atoms with van der Waals surface area (Å²) in [4.78, 5) is 3.97. The van der Waals surface area contributed by atoms with Crippen molar-refractivity contribution >= 4 is 18.2 Å². The molecule has 19 heavy (non-hydrogen) atoms. The van der Waals surface area contributed by atoms with Crippen LogP contribution in [-0.2, 0) is 0 Å². The molecule has 3 nitrogen and oxygen atoms in total. The molecule has 0 aliphatic carbocycles. The highest BCUT2D eigenvalue weighted by Crippen LogP contribution is 2.30. The largest absolute Gasteiger partial charge is 0.497 e. The summed E-state index contributed by atoms with van der Waals surface area (Å²) in [5, 5.41) is 0. The number of aliphatic imine (C=N–C) groups is 1. The summed E-state index contributed by atoms with van der Waals surface area (Å²) in [6, 6.07) is 15.0. The van der Waals surface area contributed by atoms with Crippen molar-refractivity contribution in [1.82, 2.24) is 0 Å². The van der Waals surface area contributed by atoms with Crippen LogP contribution in [0.1, 0.15) is 5.56 Å². The smallest absolute Gasteiger partial charge is 0.129 e. The molecule has 2 rings (SSSR count). The lowest BCUT2D eigenvalue weighted by Gasteiger charge is -2.11. The van der Waals surface area contributed by atoms with Crippen molar-refractivity contribution in [2.45, 2.75) is 0 Å². The minimum atomic E-state index is 0.524. The second kappa shape index (κ2) is 5.87. The maximum Gasteiger partial charge on any atom is 0.129 e. The first-order valence-electron chi connectivity index (χ1n) is 5.81. The highest BCUT2D eigenvalue weighted by molar-refractivity contribution is 5.73. The van der Waals surface area contributed by atoms with Gasteiger partial charge in [0.1, 0.15) is 17.3 Å². The molecule has 0 aliphatic heterocycles. The number of methoxy groups -OCH3 is 1. The Morgan fingerprint density at radius 2 is 1.79 bits per heavy atom. The van der Waals surface area contributed by atoms with Crippen LogP contribution in [0, 0.1) is 0 Å². The first-order chi connectivity index (χ1) is 9.24. The molecule has 0 saturated heterocycles. The van der Waals surface area contributed by atoms with Crippen molar-refractivity contribution in [3.8, 4) is 11.5 Å². The summed E-state index contributed by atoms with van der Waals surface area (Å²) in [6.07, 6.45) is 0. The monoisotopic (exact) mass is 253 g/mol. The molecule has 3 heteroatoms. The van der Waals surface area contributed by atoms with Gasteiger partial charge in [-0.2, -0.15) is 0 Å². The molecular weight excluding hydrogens is 238 g/mol. The van der Waals surface area contributed by atoms with E-state index in [9.17, 15) is 0 Å². The molecule has 0 radical (unpaired) electrons. The molecule has 0 aromatic heterocycles. The van der Waals surface area contributed by atoms with E-state index in [1.54, 1.807) is 13.2 Å². The lowest BCUT2D eigenvalue weighted by molar-refractivity contribution is 0.415. The highest BCUT2D eigenvalue weighted by Gasteiger charge is 2.08. The molecule has 0 unspecified atom stereocenters. The normalized spacial score (nSPS) is 9.74. The molecule has 0 atom stereocenters. The quantitative estimate of drug-likeness (QED) is 0.594. The van der Waals surface area contributed by atoms with Crippen LogP contribution in [0.2, 0.25) is 0 Å². The van der Waals surface area contributed by atoms with Gasteiger partial charge in [-0.15, -0.1) is 0 Å². The summed E-state index contributed by atoms with van der Waals surface area (Å²) in [5.74, 6) is 1.98. The van der Waals surface area contributed by atoms with Crippen LogP contribution in [0.15, 0.2) is 60.1 Å². The van der Waals surface area contributed by atoms with Gasteiger partial charge in [-0.3, -0.25) is 4.99 Å². The summed E-state index contributed by atoms with van der Waals surface area (Å²) in [5.41, 5.74) is 1.47. The maximum atomic E-state index is 5.69. The number of hydrogen-bond donors (Lipinski definition) is 0. The van der Waals surface area contributed by atoms with Crippen LogP contribution >= 0.6 is 0 Å². The van der Waals surface area contributed by atoms with Gasteiger partial charge in [0.2, 0.25) is 0 Å². The Morgan fingerprint density at radius 3 is 2.42 bits per heavy atom. The van der Waals surface area contributed by atoms with Gasteiger partial charge in [0, 0.05) is 11.6 Å². The number of rotatable bonds is 5. The van der Waals surface area contributed by atoms with E-state index in [1.165, 1.54) is 0 Å². The van der Waals surface area contributed by atoms with Crippen molar-refractivity contribution in [1.29, 1.82) is 0 Å². The third-order valence-electron chi connectivity index (χ3n) is 2.66. The zero-order chi connectivity index (χ0) is 13.7. The molecule has 0 fully saturated rings. The summed E-state index contributed by atoms with van der Waals surface area (Å²) < 4.78 is 10.8. The van der Waals surface area contributed by atoms with Gasteiger partial charge >= 0.3 is 0 Å². The molecule has 0 bridgehead atoms. The first-order valence-corrected chi connectivity index (χ1v) is 5.81. The topological polar surface area (TPSA) is 30.8 Å². The van der Waals surface area contributed by atoms with Gasteiger partial charge in [-0.05, 0) is 31.0 Å². The highest BCUT2D eigenvalue weighted by atomic mass is 16.5. The van der Waals surface area contributed by atoms with Crippen LogP contribution in [0.4, 0.5) is 5.69 Å². The molecule has 2 aromatic carbocycles. The van der Waals surface area contributed by atoms with E-state index < -0.39 is 0 Å². The van der Waals surface area contributed by atoms with Crippen molar-refractivity contribution in [2.24, 2.45) is 4.99 Å². The summed E-state index contributed by atoms with van der Waals surface area (Å²) in [7, 11) is 1.61. The summed E-state index contributed by atoms with van der Waals surface area (Å²) in [6.45, 7) is 7.49. The van der Waals surface area contributed by atoms with Gasteiger partial charge in [0.25, 0.3) is 0 Å². The number of ether oxygens (including phenoxy) is 2. The number of nitrogens with zero attached hydrogens (tertiary/aromatic N) is 1. The molecule has 2 aromatic rings. The molecule has 0 spiro atoms. The minimum absolute atomic E-state index is 0.524. The fourth-order valence-corrected chi connectivity index (χ4v) is 1.69. The average Bonchev–Trinajstić information content (AvgIpc) is 2.47. The molecule has 0 heterocycles. The second-order valence-corrected chi connectivity index (χ2v) is 3.88. The van der Waals surface area contributed by atoms with Crippen LogP contribution in [0.3, 0.4) is 0 Å². The van der Waals surface area contributed by atoms with Crippen LogP contribution < -0.4 is 9.47 Å². The molecular formula is C16H15NO2. The third-order valence-corrected chi connectivity index (χ3v) is 2.66. The van der Waals surface area contributed by atoms with E-state index in [1.807, 2.05) is 42.5 Å². The van der Waals surface area contributed by atoms with Gasteiger partial charge in [0.15, 0.2) is 0 Å². The summed E-state index contributed by atoms with van der Waals surface area (Å²) >= 11 is 0. The van der Waals surface area contributed by atoms with Crippen LogP contribution in [0.25, 0.3) is 5.76 Å². The minimum Gasteiger partial charge on any atom is -0.497 e. The molecule has 0 aliphatic rings. The molecule has 0 N–H and O–H groups in total. The maximum absolute atomic E-state index is 5.69. The Hall–Kier alpha value is -2.55. The van der Waals surface area contributed by atoms with Crippen molar-refractivity contribution < 1.29 is 9.47 Å². The number of benzene rings is 2. The van der Waals surface area contributed by atoms with Crippen molar-refractivity contribution in [2.75, 3.05) is 7.11 Å². The molecule has 0 amide bonds. The van der Waals surface area contributed by atoms with E-state index in [0.717, 1.165) is 17.1 Å². The Kier molecular flexibility index (Phi) is 3.98. The Bertz CT molecular complexity index is 591. The van der Waals surface area contributed by atoms with Gasteiger partial charge in [-0.1, -0.05) is 24.8 Å². The van der Waals surface area contributed by atoms with E-state index in [4.69, 9.17) is 9.47 Å². The number of hydrogen-bond acceptors (Lipinski definition) is 3. The van der Waals surface area contributed by atoms with E-state index >= 15 is 0 Å². The lowest BCUT2D eigenvalue weighted by Crippen LogP contribution is -1.94. The van der Waals surface area contributed by atoms with E-state index in [2.05, 4.69) is 18.3 Å². The van der Waals surface area contributed by atoms with Crippen LogP contribution in [0.5, 0.6) is 11.5 Å². The van der Waals surface area contributed by atoms with Gasteiger partial charge < -0.3 is 9.47 Å². The SMILES string of the molecule is C=Nc1cc(OC)ccc1C(=C)Oc1ccccc1. The zero-order valence-corrected chi connectivity index (χ0v) is 10.8. The second-order valence-electron chi connectivity index (χ2n) is 3.88. The Labute approximate surface area is 112 Å².